The molecule has 2 aromatic rings. The van der Waals surface area contributed by atoms with E-state index in [4.69, 9.17) is 4.74 Å². The van der Waals surface area contributed by atoms with Crippen molar-refractivity contribution < 1.29 is 13.5 Å². The molecule has 0 spiro atoms. The molecule has 1 heterocycles. The van der Waals surface area contributed by atoms with Crippen LogP contribution in [0.5, 0.6) is 11.6 Å². The molecule has 5 heteroatoms. The van der Waals surface area contributed by atoms with Crippen LogP contribution in [-0.2, 0) is 0 Å². The fourth-order valence-corrected chi connectivity index (χ4v) is 1.80. The van der Waals surface area contributed by atoms with Crippen LogP contribution in [-0.4, -0.2) is 4.98 Å². The van der Waals surface area contributed by atoms with Gasteiger partial charge in [0, 0.05) is 12.3 Å². The summed E-state index contributed by atoms with van der Waals surface area (Å²) in [7, 11) is 0. The molecule has 1 aromatic carbocycles. The molecule has 2 nitrogen and oxygen atoms in total. The van der Waals surface area contributed by atoms with Crippen LogP contribution in [0.2, 0.25) is 0 Å². The fraction of sp³-hybridized carbons (Fsp3) is 0.0833. The van der Waals surface area contributed by atoms with Crippen molar-refractivity contribution in [3.8, 4) is 11.6 Å². The maximum atomic E-state index is 13.3. The molecule has 0 saturated carbocycles. The largest absolute Gasteiger partial charge is 0.435 e. The molecular formula is C12H8BrF2NO. The molecule has 88 valence electrons. The molecular weight excluding hydrogens is 292 g/mol. The van der Waals surface area contributed by atoms with Crippen molar-refractivity contribution in [3.63, 3.8) is 0 Å². The lowest BCUT2D eigenvalue weighted by atomic mass is 10.3. The summed E-state index contributed by atoms with van der Waals surface area (Å²) in [6, 6.07) is 4.90. The van der Waals surface area contributed by atoms with Crippen LogP contribution in [0.3, 0.4) is 0 Å². The number of hydrogen-bond donors (Lipinski definition) is 0. The zero-order valence-electron chi connectivity index (χ0n) is 8.88. The smallest absolute Gasteiger partial charge is 0.233 e. The van der Waals surface area contributed by atoms with Crippen LogP contribution in [0.15, 0.2) is 34.9 Å². The van der Waals surface area contributed by atoms with Gasteiger partial charge in [-0.1, -0.05) is 0 Å². The highest BCUT2D eigenvalue weighted by Crippen LogP contribution is 2.29. The Morgan fingerprint density at radius 1 is 1.24 bits per heavy atom. The molecule has 2 rings (SSSR count). The second kappa shape index (κ2) is 4.79. The third-order valence-corrected chi connectivity index (χ3v) is 2.61. The zero-order valence-corrected chi connectivity index (χ0v) is 10.5. The molecule has 0 unspecified atom stereocenters. The van der Waals surface area contributed by atoms with E-state index in [1.54, 1.807) is 12.3 Å². The number of pyridine rings is 1. The van der Waals surface area contributed by atoms with E-state index in [0.29, 0.717) is 4.47 Å². The molecule has 0 aliphatic carbocycles. The standard InChI is InChI=1S/C12H8BrF2NO/c1-7-4-9(13)12(16-6-7)17-11-3-2-8(14)5-10(11)15/h2-6H,1H3. The molecule has 0 aliphatic heterocycles. The van der Waals surface area contributed by atoms with Gasteiger partial charge in [0.15, 0.2) is 11.6 Å². The number of ether oxygens (including phenoxy) is 1. The van der Waals surface area contributed by atoms with Crippen molar-refractivity contribution in [3.05, 3.63) is 52.1 Å². The average molecular weight is 300 g/mol. The normalized spacial score (nSPS) is 10.4. The van der Waals surface area contributed by atoms with E-state index in [9.17, 15) is 8.78 Å². The van der Waals surface area contributed by atoms with Gasteiger partial charge in [-0.15, -0.1) is 0 Å². The number of halogens is 3. The molecule has 0 amide bonds. The molecule has 0 N–H and O–H groups in total. The summed E-state index contributed by atoms with van der Waals surface area (Å²) in [4.78, 5) is 4.01. The van der Waals surface area contributed by atoms with Crippen molar-refractivity contribution in [1.82, 2.24) is 4.98 Å². The maximum Gasteiger partial charge on any atom is 0.233 e. The lowest BCUT2D eigenvalue weighted by molar-refractivity contribution is 0.421. The first-order chi connectivity index (χ1) is 8.06. The molecule has 17 heavy (non-hydrogen) atoms. The van der Waals surface area contributed by atoms with Gasteiger partial charge in [0.1, 0.15) is 5.82 Å². The highest BCUT2D eigenvalue weighted by Gasteiger charge is 2.09. The number of nitrogens with zero attached hydrogens (tertiary/aromatic N) is 1. The Labute approximate surface area is 105 Å². The number of benzene rings is 1. The Hall–Kier alpha value is -1.49. The topological polar surface area (TPSA) is 22.1 Å². The third kappa shape index (κ3) is 2.79. The first kappa shape index (κ1) is 12.0. The highest BCUT2D eigenvalue weighted by molar-refractivity contribution is 9.10. The highest BCUT2D eigenvalue weighted by atomic mass is 79.9. The van der Waals surface area contributed by atoms with Gasteiger partial charge in [-0.25, -0.2) is 13.8 Å². The van der Waals surface area contributed by atoms with E-state index in [-0.39, 0.29) is 11.6 Å². The zero-order chi connectivity index (χ0) is 12.4. The summed E-state index contributed by atoms with van der Waals surface area (Å²) in [5.74, 6) is -1.24. The van der Waals surface area contributed by atoms with Gasteiger partial charge >= 0.3 is 0 Å². The van der Waals surface area contributed by atoms with Gasteiger partial charge in [-0.3, -0.25) is 0 Å². The first-order valence-electron chi connectivity index (χ1n) is 4.81. The fourth-order valence-electron chi connectivity index (χ4n) is 1.26. The lowest BCUT2D eigenvalue weighted by Gasteiger charge is -2.07. The summed E-state index contributed by atoms with van der Waals surface area (Å²) in [6.07, 6.45) is 1.60. The minimum Gasteiger partial charge on any atom is -0.435 e. The van der Waals surface area contributed by atoms with Crippen molar-refractivity contribution in [2.75, 3.05) is 0 Å². The van der Waals surface area contributed by atoms with Crippen LogP contribution < -0.4 is 4.74 Å². The monoisotopic (exact) mass is 299 g/mol. The summed E-state index contributed by atoms with van der Waals surface area (Å²) in [6.45, 7) is 1.88. The van der Waals surface area contributed by atoms with E-state index in [0.717, 1.165) is 17.7 Å². The number of hydrogen-bond acceptors (Lipinski definition) is 2. The predicted molar refractivity (Wildman–Crippen MR) is 63.1 cm³/mol. The Kier molecular flexibility index (Phi) is 3.38. The number of rotatable bonds is 2. The molecule has 0 fully saturated rings. The van der Waals surface area contributed by atoms with E-state index in [2.05, 4.69) is 20.9 Å². The van der Waals surface area contributed by atoms with Gasteiger partial charge in [0.05, 0.1) is 4.47 Å². The van der Waals surface area contributed by atoms with E-state index < -0.39 is 11.6 Å². The van der Waals surface area contributed by atoms with E-state index in [1.807, 2.05) is 6.92 Å². The molecule has 0 aliphatic rings. The average Bonchev–Trinajstić information content (AvgIpc) is 2.25. The van der Waals surface area contributed by atoms with Crippen molar-refractivity contribution in [2.45, 2.75) is 6.92 Å². The van der Waals surface area contributed by atoms with Gasteiger partial charge in [-0.05, 0) is 46.6 Å². The second-order valence-electron chi connectivity index (χ2n) is 3.48. The molecule has 0 bridgehead atoms. The Morgan fingerprint density at radius 2 is 2.00 bits per heavy atom. The van der Waals surface area contributed by atoms with Crippen LogP contribution >= 0.6 is 15.9 Å². The van der Waals surface area contributed by atoms with Crippen molar-refractivity contribution in [2.24, 2.45) is 0 Å². The van der Waals surface area contributed by atoms with E-state index >= 15 is 0 Å². The quantitative estimate of drug-likeness (QED) is 0.828. The summed E-state index contributed by atoms with van der Waals surface area (Å²) in [5.41, 5.74) is 0.948. The van der Waals surface area contributed by atoms with Crippen molar-refractivity contribution >= 4 is 15.9 Å². The lowest BCUT2D eigenvalue weighted by Crippen LogP contribution is -1.93. The van der Waals surface area contributed by atoms with Crippen LogP contribution in [0.4, 0.5) is 8.78 Å². The predicted octanol–water partition coefficient (Wildman–Crippen LogP) is 4.22. The summed E-state index contributed by atoms with van der Waals surface area (Å²) < 4.78 is 31.9. The Morgan fingerprint density at radius 3 is 2.65 bits per heavy atom. The third-order valence-electron chi connectivity index (χ3n) is 2.04. The SMILES string of the molecule is Cc1cnc(Oc2ccc(F)cc2F)c(Br)c1. The summed E-state index contributed by atoms with van der Waals surface area (Å²) >= 11 is 3.26. The molecule has 1 aromatic heterocycles. The van der Waals surface area contributed by atoms with Gasteiger partial charge < -0.3 is 4.74 Å². The second-order valence-corrected chi connectivity index (χ2v) is 4.33. The Balaban J connectivity index is 2.31. The Bertz CT molecular complexity index is 511. The first-order valence-corrected chi connectivity index (χ1v) is 5.60. The molecule has 0 radical (unpaired) electrons. The molecule has 0 atom stereocenters. The molecule has 0 saturated heterocycles. The van der Waals surface area contributed by atoms with E-state index in [1.165, 1.54) is 6.07 Å². The van der Waals surface area contributed by atoms with Crippen LogP contribution in [0.1, 0.15) is 5.56 Å². The van der Waals surface area contributed by atoms with Crippen molar-refractivity contribution in [1.29, 1.82) is 0 Å². The number of aryl methyl sites for hydroxylation is 1. The summed E-state index contributed by atoms with van der Waals surface area (Å²) in [5, 5.41) is 0. The maximum absolute atomic E-state index is 13.3. The van der Waals surface area contributed by atoms with Crippen LogP contribution in [0, 0.1) is 18.6 Å². The number of aromatic nitrogens is 1. The minimum absolute atomic E-state index is 0.0662. The van der Waals surface area contributed by atoms with Gasteiger partial charge in [0.25, 0.3) is 0 Å². The van der Waals surface area contributed by atoms with Gasteiger partial charge in [0.2, 0.25) is 5.88 Å². The van der Waals surface area contributed by atoms with Crippen LogP contribution in [0.25, 0.3) is 0 Å². The van der Waals surface area contributed by atoms with Gasteiger partial charge in [-0.2, -0.15) is 0 Å². The minimum atomic E-state index is -0.765.